The van der Waals surface area contributed by atoms with Crippen LogP contribution in [0.2, 0.25) is 0 Å². The molecule has 0 aromatic rings. The van der Waals surface area contributed by atoms with Crippen LogP contribution < -0.4 is 5.32 Å². The van der Waals surface area contributed by atoms with E-state index in [4.69, 9.17) is 5.11 Å². The molecule has 0 saturated heterocycles. The third-order valence-corrected chi connectivity index (χ3v) is 2.19. The van der Waals surface area contributed by atoms with Crippen LogP contribution in [0.4, 0.5) is 0 Å². The van der Waals surface area contributed by atoms with Crippen molar-refractivity contribution >= 4 is 5.97 Å². The molecule has 0 amide bonds. The Balaban J connectivity index is 4.32. The SMILES string of the molecule is CC(C)CNC(C)(CC(C)C)C(=O)O. The highest BCUT2D eigenvalue weighted by Crippen LogP contribution is 2.17. The molecule has 0 aromatic carbocycles. The minimum atomic E-state index is -0.779. The first-order valence-electron chi connectivity index (χ1n) is 5.26. The maximum Gasteiger partial charge on any atom is 0.323 e. The van der Waals surface area contributed by atoms with Crippen LogP contribution in [-0.2, 0) is 4.79 Å². The smallest absolute Gasteiger partial charge is 0.323 e. The Morgan fingerprint density at radius 1 is 1.29 bits per heavy atom. The van der Waals surface area contributed by atoms with Crippen LogP contribution in [0.1, 0.15) is 41.0 Å². The van der Waals surface area contributed by atoms with E-state index >= 15 is 0 Å². The lowest BCUT2D eigenvalue weighted by Crippen LogP contribution is -2.51. The summed E-state index contributed by atoms with van der Waals surface area (Å²) in [6.07, 6.45) is 0.662. The quantitative estimate of drug-likeness (QED) is 0.692. The van der Waals surface area contributed by atoms with E-state index in [-0.39, 0.29) is 0 Å². The molecule has 1 atom stereocenters. The van der Waals surface area contributed by atoms with Crippen LogP contribution in [0.5, 0.6) is 0 Å². The predicted octanol–water partition coefficient (Wildman–Crippen LogP) is 2.12. The normalized spacial score (nSPS) is 15.9. The highest BCUT2D eigenvalue weighted by molar-refractivity contribution is 5.78. The van der Waals surface area contributed by atoms with Gasteiger partial charge in [0.25, 0.3) is 0 Å². The predicted molar refractivity (Wildman–Crippen MR) is 58.3 cm³/mol. The summed E-state index contributed by atoms with van der Waals surface area (Å²) >= 11 is 0. The van der Waals surface area contributed by atoms with Gasteiger partial charge in [0.15, 0.2) is 0 Å². The second-order valence-corrected chi connectivity index (χ2v) is 5.01. The molecule has 0 heterocycles. The number of hydrogen-bond donors (Lipinski definition) is 2. The molecular formula is C11H23NO2. The van der Waals surface area contributed by atoms with Gasteiger partial charge in [0.1, 0.15) is 5.54 Å². The van der Waals surface area contributed by atoms with Crippen LogP contribution in [0.25, 0.3) is 0 Å². The van der Waals surface area contributed by atoms with Gasteiger partial charge in [-0.05, 0) is 31.7 Å². The summed E-state index contributed by atoms with van der Waals surface area (Å²) in [7, 11) is 0. The number of carboxylic acid groups (broad SMARTS) is 1. The van der Waals surface area contributed by atoms with Crippen molar-refractivity contribution in [1.82, 2.24) is 5.32 Å². The molecule has 3 nitrogen and oxygen atoms in total. The third kappa shape index (κ3) is 4.61. The fraction of sp³-hybridized carbons (Fsp3) is 0.909. The van der Waals surface area contributed by atoms with Crippen LogP contribution in [-0.4, -0.2) is 23.2 Å². The molecule has 1 unspecified atom stereocenters. The van der Waals surface area contributed by atoms with Crippen molar-refractivity contribution in [2.24, 2.45) is 11.8 Å². The van der Waals surface area contributed by atoms with Crippen molar-refractivity contribution in [3.63, 3.8) is 0 Å². The van der Waals surface area contributed by atoms with Gasteiger partial charge in [-0.2, -0.15) is 0 Å². The number of aliphatic carboxylic acids is 1. The summed E-state index contributed by atoms with van der Waals surface area (Å²) in [4.78, 5) is 11.1. The average Bonchev–Trinajstić information content (AvgIpc) is 1.99. The summed E-state index contributed by atoms with van der Waals surface area (Å²) in [5.41, 5.74) is -0.779. The number of carboxylic acids is 1. The van der Waals surface area contributed by atoms with Crippen molar-refractivity contribution < 1.29 is 9.90 Å². The lowest BCUT2D eigenvalue weighted by molar-refractivity contribution is -0.145. The standard InChI is InChI=1S/C11H23NO2/c1-8(2)6-11(5,10(13)14)12-7-9(3)4/h8-9,12H,6-7H2,1-5H3,(H,13,14). The Morgan fingerprint density at radius 3 is 2.07 bits per heavy atom. The van der Waals surface area contributed by atoms with Crippen LogP contribution >= 0.6 is 0 Å². The van der Waals surface area contributed by atoms with E-state index < -0.39 is 11.5 Å². The average molecular weight is 201 g/mol. The molecule has 0 aromatic heterocycles. The summed E-state index contributed by atoms with van der Waals surface area (Å²) < 4.78 is 0. The zero-order valence-electron chi connectivity index (χ0n) is 9.92. The molecule has 0 spiro atoms. The molecule has 14 heavy (non-hydrogen) atoms. The first-order chi connectivity index (χ1) is 6.28. The van der Waals surface area contributed by atoms with Crippen LogP contribution in [0, 0.1) is 11.8 Å². The first kappa shape index (κ1) is 13.4. The Morgan fingerprint density at radius 2 is 1.79 bits per heavy atom. The fourth-order valence-electron chi connectivity index (χ4n) is 1.48. The van der Waals surface area contributed by atoms with Crippen LogP contribution in [0.15, 0.2) is 0 Å². The lowest BCUT2D eigenvalue weighted by atomic mass is 9.90. The van der Waals surface area contributed by atoms with Gasteiger partial charge in [0.05, 0.1) is 0 Å². The topological polar surface area (TPSA) is 49.3 Å². The number of carbonyl (C=O) groups is 1. The maximum atomic E-state index is 11.1. The molecule has 0 bridgehead atoms. The van der Waals surface area contributed by atoms with Crippen molar-refractivity contribution in [3.8, 4) is 0 Å². The van der Waals surface area contributed by atoms with Gasteiger partial charge in [0.2, 0.25) is 0 Å². The third-order valence-electron chi connectivity index (χ3n) is 2.19. The molecule has 0 rings (SSSR count). The van der Waals surface area contributed by atoms with E-state index in [2.05, 4.69) is 19.2 Å². The highest BCUT2D eigenvalue weighted by Gasteiger charge is 2.33. The Kier molecular flexibility index (Phi) is 5.13. The monoisotopic (exact) mass is 201 g/mol. The number of hydrogen-bond acceptors (Lipinski definition) is 2. The van der Waals surface area contributed by atoms with Crippen molar-refractivity contribution in [2.75, 3.05) is 6.54 Å². The minimum absolute atomic E-state index is 0.385. The van der Waals surface area contributed by atoms with Crippen molar-refractivity contribution in [2.45, 2.75) is 46.6 Å². The maximum absolute atomic E-state index is 11.1. The Hall–Kier alpha value is -0.570. The molecule has 0 aliphatic carbocycles. The van der Waals surface area contributed by atoms with E-state index in [9.17, 15) is 4.79 Å². The van der Waals surface area contributed by atoms with E-state index in [1.807, 2.05) is 13.8 Å². The van der Waals surface area contributed by atoms with E-state index in [0.717, 1.165) is 6.54 Å². The molecular weight excluding hydrogens is 178 g/mol. The Labute approximate surface area is 86.9 Å². The molecule has 2 N–H and O–H groups in total. The van der Waals surface area contributed by atoms with Gasteiger partial charge < -0.3 is 10.4 Å². The Bertz CT molecular complexity index is 190. The lowest BCUT2D eigenvalue weighted by Gasteiger charge is -2.29. The van der Waals surface area contributed by atoms with Crippen molar-refractivity contribution in [1.29, 1.82) is 0 Å². The first-order valence-corrected chi connectivity index (χ1v) is 5.26. The van der Waals surface area contributed by atoms with Gasteiger partial charge in [-0.15, -0.1) is 0 Å². The summed E-state index contributed by atoms with van der Waals surface area (Å²) in [6, 6.07) is 0. The van der Waals surface area contributed by atoms with E-state index in [1.54, 1.807) is 6.92 Å². The molecule has 0 fully saturated rings. The molecule has 0 aliphatic rings. The minimum Gasteiger partial charge on any atom is -0.480 e. The molecule has 0 saturated carbocycles. The van der Waals surface area contributed by atoms with Gasteiger partial charge in [-0.25, -0.2) is 0 Å². The second-order valence-electron chi connectivity index (χ2n) is 5.01. The molecule has 0 aliphatic heterocycles. The molecule has 0 radical (unpaired) electrons. The zero-order chi connectivity index (χ0) is 11.4. The second kappa shape index (κ2) is 5.35. The van der Waals surface area contributed by atoms with Crippen molar-refractivity contribution in [3.05, 3.63) is 0 Å². The van der Waals surface area contributed by atoms with Crippen LogP contribution in [0.3, 0.4) is 0 Å². The van der Waals surface area contributed by atoms with E-state index in [0.29, 0.717) is 18.3 Å². The summed E-state index contributed by atoms with van der Waals surface area (Å²) in [6.45, 7) is 10.7. The van der Waals surface area contributed by atoms with Gasteiger partial charge in [-0.1, -0.05) is 27.7 Å². The van der Waals surface area contributed by atoms with E-state index in [1.165, 1.54) is 0 Å². The van der Waals surface area contributed by atoms with Gasteiger partial charge >= 0.3 is 5.97 Å². The summed E-state index contributed by atoms with van der Waals surface area (Å²) in [5, 5.41) is 12.3. The molecule has 3 heteroatoms. The summed E-state index contributed by atoms with van der Waals surface area (Å²) in [5.74, 6) is 0.100. The fourth-order valence-corrected chi connectivity index (χ4v) is 1.48. The number of nitrogens with one attached hydrogen (secondary N) is 1. The van der Waals surface area contributed by atoms with Gasteiger partial charge in [-0.3, -0.25) is 4.79 Å². The van der Waals surface area contributed by atoms with Gasteiger partial charge in [0, 0.05) is 0 Å². The number of rotatable bonds is 6. The zero-order valence-corrected chi connectivity index (χ0v) is 9.92. The highest BCUT2D eigenvalue weighted by atomic mass is 16.4. The molecule has 84 valence electrons. The largest absolute Gasteiger partial charge is 0.480 e.